The average Bonchev–Trinajstić information content (AvgIpc) is 2.50. The minimum Gasteiger partial charge on any atom is -0.383 e. The van der Waals surface area contributed by atoms with Crippen molar-refractivity contribution in [2.24, 2.45) is 0 Å². The molecule has 5 heteroatoms. The molecule has 0 bridgehead atoms. The van der Waals surface area contributed by atoms with Crippen LogP contribution in [0.25, 0.3) is 0 Å². The number of hydrogen-bond acceptors (Lipinski definition) is 4. The highest BCUT2D eigenvalue weighted by Crippen LogP contribution is 2.23. The number of ether oxygens (including phenoxy) is 2. The molecule has 1 N–H and O–H groups in total. The molecule has 0 atom stereocenters. The van der Waals surface area contributed by atoms with Crippen molar-refractivity contribution in [1.82, 2.24) is 4.90 Å². The molecule has 0 aromatic heterocycles. The van der Waals surface area contributed by atoms with Gasteiger partial charge in [0, 0.05) is 33.0 Å². The number of benzene rings is 1. The second-order valence-electron chi connectivity index (χ2n) is 5.55. The van der Waals surface area contributed by atoms with Crippen LogP contribution in [0.5, 0.6) is 0 Å². The number of nitrogens with zero attached hydrogens (tertiary/aromatic N) is 1. The summed E-state index contributed by atoms with van der Waals surface area (Å²) in [6.07, 6.45) is 0. The van der Waals surface area contributed by atoms with E-state index in [0.29, 0.717) is 38.8 Å². The molecule has 1 aromatic rings. The molecule has 22 heavy (non-hydrogen) atoms. The Balaban J connectivity index is 2.62. The molecule has 1 aromatic carbocycles. The number of carbonyl (C=O) groups excluding carboxylic acids is 1. The van der Waals surface area contributed by atoms with Gasteiger partial charge in [-0.3, -0.25) is 9.69 Å². The molecule has 124 valence electrons. The SMILES string of the molecule is COCCN(CCOC)CC(=O)Nc1ccccc1C(C)C. The molecule has 0 heterocycles. The first kappa shape index (κ1) is 18.6. The lowest BCUT2D eigenvalue weighted by atomic mass is 10.0. The quantitative estimate of drug-likeness (QED) is 0.721. The van der Waals surface area contributed by atoms with Crippen LogP contribution in [0.3, 0.4) is 0 Å². The Morgan fingerprint density at radius 3 is 2.27 bits per heavy atom. The Morgan fingerprint density at radius 1 is 1.14 bits per heavy atom. The fourth-order valence-electron chi connectivity index (χ4n) is 2.22. The van der Waals surface area contributed by atoms with Gasteiger partial charge in [0.25, 0.3) is 0 Å². The summed E-state index contributed by atoms with van der Waals surface area (Å²) in [5.41, 5.74) is 2.04. The van der Waals surface area contributed by atoms with Crippen LogP contribution in [-0.2, 0) is 14.3 Å². The summed E-state index contributed by atoms with van der Waals surface area (Å²) >= 11 is 0. The predicted molar refractivity (Wildman–Crippen MR) is 89.4 cm³/mol. The Hall–Kier alpha value is -1.43. The summed E-state index contributed by atoms with van der Waals surface area (Å²) in [5.74, 6) is 0.356. The molecular weight excluding hydrogens is 280 g/mol. The van der Waals surface area contributed by atoms with Crippen LogP contribution in [0.1, 0.15) is 25.3 Å². The maximum Gasteiger partial charge on any atom is 0.238 e. The van der Waals surface area contributed by atoms with Gasteiger partial charge < -0.3 is 14.8 Å². The number of amides is 1. The van der Waals surface area contributed by atoms with Gasteiger partial charge in [-0.05, 0) is 17.5 Å². The smallest absolute Gasteiger partial charge is 0.238 e. The Bertz CT molecular complexity index is 441. The molecule has 0 radical (unpaired) electrons. The third kappa shape index (κ3) is 6.56. The molecule has 0 saturated heterocycles. The highest BCUT2D eigenvalue weighted by Gasteiger charge is 2.13. The Labute approximate surface area is 133 Å². The second kappa shape index (κ2) is 10.3. The van der Waals surface area contributed by atoms with E-state index < -0.39 is 0 Å². The number of carbonyl (C=O) groups is 1. The van der Waals surface area contributed by atoms with Gasteiger partial charge in [0.1, 0.15) is 0 Å². The van der Waals surface area contributed by atoms with Crippen LogP contribution in [0.4, 0.5) is 5.69 Å². The Morgan fingerprint density at radius 2 is 1.73 bits per heavy atom. The number of hydrogen-bond donors (Lipinski definition) is 1. The van der Waals surface area contributed by atoms with Crippen molar-refractivity contribution in [1.29, 1.82) is 0 Å². The van der Waals surface area contributed by atoms with Gasteiger partial charge in [0.2, 0.25) is 5.91 Å². The molecule has 0 spiro atoms. The van der Waals surface area contributed by atoms with Gasteiger partial charge >= 0.3 is 0 Å². The van der Waals surface area contributed by atoms with Gasteiger partial charge in [-0.25, -0.2) is 0 Å². The lowest BCUT2D eigenvalue weighted by Gasteiger charge is -2.21. The van der Waals surface area contributed by atoms with E-state index in [4.69, 9.17) is 9.47 Å². The van der Waals surface area contributed by atoms with Crippen LogP contribution in [0.15, 0.2) is 24.3 Å². The topological polar surface area (TPSA) is 50.8 Å². The van der Waals surface area contributed by atoms with E-state index in [1.54, 1.807) is 14.2 Å². The van der Waals surface area contributed by atoms with E-state index in [-0.39, 0.29) is 5.91 Å². The number of methoxy groups -OCH3 is 2. The monoisotopic (exact) mass is 308 g/mol. The molecule has 5 nitrogen and oxygen atoms in total. The summed E-state index contributed by atoms with van der Waals surface area (Å²) < 4.78 is 10.2. The van der Waals surface area contributed by atoms with Gasteiger partial charge in [0.05, 0.1) is 19.8 Å². The van der Waals surface area contributed by atoms with Crippen LogP contribution in [0, 0.1) is 0 Å². The zero-order valence-electron chi connectivity index (χ0n) is 14.1. The predicted octanol–water partition coefficient (Wildman–Crippen LogP) is 2.34. The molecule has 0 aliphatic rings. The van der Waals surface area contributed by atoms with E-state index >= 15 is 0 Å². The van der Waals surface area contributed by atoms with Gasteiger partial charge in [-0.2, -0.15) is 0 Å². The van der Waals surface area contributed by atoms with E-state index in [9.17, 15) is 4.79 Å². The highest BCUT2D eigenvalue weighted by molar-refractivity contribution is 5.93. The van der Waals surface area contributed by atoms with Crippen molar-refractivity contribution in [3.63, 3.8) is 0 Å². The number of para-hydroxylation sites is 1. The lowest BCUT2D eigenvalue weighted by molar-refractivity contribution is -0.117. The number of anilines is 1. The van der Waals surface area contributed by atoms with Gasteiger partial charge in [-0.1, -0.05) is 32.0 Å². The summed E-state index contributed by atoms with van der Waals surface area (Å²) in [6, 6.07) is 7.93. The second-order valence-corrected chi connectivity index (χ2v) is 5.55. The third-order valence-electron chi connectivity index (χ3n) is 3.45. The van der Waals surface area contributed by atoms with Crippen molar-refractivity contribution < 1.29 is 14.3 Å². The molecule has 0 aliphatic heterocycles. The van der Waals surface area contributed by atoms with Crippen LogP contribution in [0.2, 0.25) is 0 Å². The third-order valence-corrected chi connectivity index (χ3v) is 3.45. The van der Waals surface area contributed by atoms with Crippen molar-refractivity contribution >= 4 is 11.6 Å². The van der Waals surface area contributed by atoms with E-state index in [2.05, 4.69) is 19.2 Å². The molecule has 1 rings (SSSR count). The summed E-state index contributed by atoms with van der Waals surface area (Å²) in [7, 11) is 3.32. The summed E-state index contributed by atoms with van der Waals surface area (Å²) in [6.45, 7) is 7.18. The fourth-order valence-corrected chi connectivity index (χ4v) is 2.22. The minimum absolute atomic E-state index is 0.0136. The standard InChI is InChI=1S/C17H28N2O3/c1-14(2)15-7-5-6-8-16(15)18-17(20)13-19(9-11-21-3)10-12-22-4/h5-8,14H,9-13H2,1-4H3,(H,18,20). The molecular formula is C17H28N2O3. The van der Waals surface area contributed by atoms with Crippen molar-refractivity contribution in [2.75, 3.05) is 52.4 Å². The van der Waals surface area contributed by atoms with E-state index in [1.165, 1.54) is 0 Å². The minimum atomic E-state index is -0.0136. The maximum atomic E-state index is 12.3. The fraction of sp³-hybridized carbons (Fsp3) is 0.588. The first-order valence-corrected chi connectivity index (χ1v) is 7.67. The van der Waals surface area contributed by atoms with Crippen LogP contribution in [-0.4, -0.2) is 57.9 Å². The highest BCUT2D eigenvalue weighted by atomic mass is 16.5. The molecule has 0 fully saturated rings. The number of rotatable bonds is 10. The normalized spacial score (nSPS) is 11.2. The zero-order valence-corrected chi connectivity index (χ0v) is 14.1. The largest absolute Gasteiger partial charge is 0.383 e. The summed E-state index contributed by atoms with van der Waals surface area (Å²) in [5, 5.41) is 3.01. The average molecular weight is 308 g/mol. The molecule has 0 aliphatic carbocycles. The van der Waals surface area contributed by atoms with Crippen molar-refractivity contribution in [3.8, 4) is 0 Å². The van der Waals surface area contributed by atoms with Gasteiger partial charge in [0.15, 0.2) is 0 Å². The molecule has 0 unspecified atom stereocenters. The first-order valence-electron chi connectivity index (χ1n) is 7.67. The number of nitrogens with one attached hydrogen (secondary N) is 1. The summed E-state index contributed by atoms with van der Waals surface area (Å²) in [4.78, 5) is 14.3. The molecule has 0 saturated carbocycles. The van der Waals surface area contributed by atoms with Crippen molar-refractivity contribution in [2.45, 2.75) is 19.8 Å². The maximum absolute atomic E-state index is 12.3. The van der Waals surface area contributed by atoms with E-state index in [0.717, 1.165) is 11.3 Å². The lowest BCUT2D eigenvalue weighted by Crippen LogP contribution is -2.37. The van der Waals surface area contributed by atoms with Crippen LogP contribution >= 0.6 is 0 Å². The van der Waals surface area contributed by atoms with E-state index in [1.807, 2.05) is 29.2 Å². The Kier molecular flexibility index (Phi) is 8.74. The first-order chi connectivity index (χ1) is 10.6. The van der Waals surface area contributed by atoms with Crippen LogP contribution < -0.4 is 5.32 Å². The van der Waals surface area contributed by atoms with Crippen molar-refractivity contribution in [3.05, 3.63) is 29.8 Å². The zero-order chi connectivity index (χ0) is 16.4. The van der Waals surface area contributed by atoms with Gasteiger partial charge in [-0.15, -0.1) is 0 Å². The molecule has 1 amide bonds.